The van der Waals surface area contributed by atoms with Gasteiger partial charge in [-0.05, 0) is 39.5 Å². The van der Waals surface area contributed by atoms with Gasteiger partial charge in [0.15, 0.2) is 4.34 Å². The lowest BCUT2D eigenvalue weighted by Gasteiger charge is -2.39. The second kappa shape index (κ2) is 9.36. The first-order valence-electron chi connectivity index (χ1n) is 8.58. The fraction of sp³-hybridized carbons (Fsp3) is 0.750. The van der Waals surface area contributed by atoms with E-state index in [2.05, 4.69) is 29.4 Å². The van der Waals surface area contributed by atoms with Gasteiger partial charge in [-0.1, -0.05) is 36.4 Å². The van der Waals surface area contributed by atoms with Crippen LogP contribution in [0.25, 0.3) is 0 Å². The van der Waals surface area contributed by atoms with Crippen LogP contribution in [-0.4, -0.2) is 44.7 Å². The molecule has 2 rings (SSSR count). The van der Waals surface area contributed by atoms with Crippen molar-refractivity contribution in [3.63, 3.8) is 0 Å². The number of nitrogens with one attached hydrogen (secondary N) is 1. The molecule has 1 aliphatic rings. The highest BCUT2D eigenvalue weighted by Crippen LogP contribution is 2.28. The lowest BCUT2D eigenvalue weighted by Crippen LogP contribution is -2.48. The zero-order valence-corrected chi connectivity index (χ0v) is 16.2. The van der Waals surface area contributed by atoms with Gasteiger partial charge in [-0.15, -0.1) is 10.2 Å². The van der Waals surface area contributed by atoms with Crippen LogP contribution in [0.1, 0.15) is 59.3 Å². The van der Waals surface area contributed by atoms with E-state index < -0.39 is 0 Å². The number of hydrogen-bond donors (Lipinski definition) is 1. The van der Waals surface area contributed by atoms with Crippen LogP contribution in [0.15, 0.2) is 4.34 Å². The van der Waals surface area contributed by atoms with E-state index in [4.69, 9.17) is 0 Å². The SMILES string of the molecule is CCCCC(=O)Nc1nnc(SCC(=O)N2[C@H](C)CCC[C@@H]2C)s1. The molecule has 2 heterocycles. The highest BCUT2D eigenvalue weighted by Gasteiger charge is 2.28. The van der Waals surface area contributed by atoms with Crippen LogP contribution in [0.5, 0.6) is 0 Å². The summed E-state index contributed by atoms with van der Waals surface area (Å²) in [5.74, 6) is 0.493. The number of thioether (sulfide) groups is 1. The van der Waals surface area contributed by atoms with Crippen LogP contribution in [0.3, 0.4) is 0 Å². The van der Waals surface area contributed by atoms with Crippen LogP contribution in [-0.2, 0) is 9.59 Å². The van der Waals surface area contributed by atoms with Crippen molar-refractivity contribution in [1.82, 2.24) is 15.1 Å². The number of likely N-dealkylation sites (tertiary alicyclic amines) is 1. The molecule has 0 radical (unpaired) electrons. The summed E-state index contributed by atoms with van der Waals surface area (Å²) < 4.78 is 0.714. The van der Waals surface area contributed by atoms with Crippen LogP contribution >= 0.6 is 23.1 Å². The van der Waals surface area contributed by atoms with Crippen molar-refractivity contribution in [2.75, 3.05) is 11.1 Å². The maximum absolute atomic E-state index is 12.5. The molecule has 0 saturated carbocycles. The number of unbranched alkanes of at least 4 members (excludes halogenated alkanes) is 1. The van der Waals surface area contributed by atoms with Crippen LogP contribution in [0.4, 0.5) is 5.13 Å². The normalized spacial score (nSPS) is 20.9. The van der Waals surface area contributed by atoms with Gasteiger partial charge in [0, 0.05) is 18.5 Å². The van der Waals surface area contributed by atoms with E-state index in [0.29, 0.717) is 33.7 Å². The second-order valence-electron chi connectivity index (χ2n) is 6.24. The van der Waals surface area contributed by atoms with Crippen molar-refractivity contribution < 1.29 is 9.59 Å². The van der Waals surface area contributed by atoms with Crippen molar-refractivity contribution in [3.05, 3.63) is 0 Å². The molecule has 0 bridgehead atoms. The summed E-state index contributed by atoms with van der Waals surface area (Å²) in [6.07, 6.45) is 5.70. The molecule has 1 N–H and O–H groups in total. The molecule has 0 unspecified atom stereocenters. The monoisotopic (exact) mass is 370 g/mol. The van der Waals surface area contributed by atoms with E-state index in [1.54, 1.807) is 0 Å². The van der Waals surface area contributed by atoms with E-state index in [9.17, 15) is 9.59 Å². The van der Waals surface area contributed by atoms with Crippen molar-refractivity contribution >= 4 is 40.0 Å². The van der Waals surface area contributed by atoms with Crippen LogP contribution < -0.4 is 5.32 Å². The fourth-order valence-corrected chi connectivity index (χ4v) is 4.59. The van der Waals surface area contributed by atoms with Gasteiger partial charge in [0.05, 0.1) is 5.75 Å². The molecular weight excluding hydrogens is 344 g/mol. The quantitative estimate of drug-likeness (QED) is 0.587. The number of carbonyl (C=O) groups is 2. The zero-order valence-electron chi connectivity index (χ0n) is 14.6. The lowest BCUT2D eigenvalue weighted by atomic mass is 9.98. The minimum Gasteiger partial charge on any atom is -0.337 e. The van der Waals surface area contributed by atoms with Crippen molar-refractivity contribution in [2.45, 2.75) is 75.7 Å². The molecular formula is C16H26N4O2S2. The highest BCUT2D eigenvalue weighted by atomic mass is 32.2. The van der Waals surface area contributed by atoms with Gasteiger partial charge >= 0.3 is 0 Å². The highest BCUT2D eigenvalue weighted by molar-refractivity contribution is 8.01. The average molecular weight is 371 g/mol. The fourth-order valence-electron chi connectivity index (χ4n) is 2.95. The number of amides is 2. The largest absolute Gasteiger partial charge is 0.337 e. The van der Waals surface area contributed by atoms with E-state index in [0.717, 1.165) is 25.7 Å². The van der Waals surface area contributed by atoms with Crippen molar-refractivity contribution in [2.24, 2.45) is 0 Å². The smallest absolute Gasteiger partial charge is 0.233 e. The predicted molar refractivity (Wildman–Crippen MR) is 98.4 cm³/mol. The Balaban J connectivity index is 1.82. The molecule has 2 atom stereocenters. The molecule has 0 aromatic carbocycles. The summed E-state index contributed by atoms with van der Waals surface area (Å²) in [4.78, 5) is 26.2. The molecule has 1 aliphatic heterocycles. The number of rotatable bonds is 7. The van der Waals surface area contributed by atoms with E-state index in [-0.39, 0.29) is 11.8 Å². The minimum atomic E-state index is -0.0309. The maximum atomic E-state index is 12.5. The minimum absolute atomic E-state index is 0.0309. The lowest BCUT2D eigenvalue weighted by molar-refractivity contribution is -0.134. The van der Waals surface area contributed by atoms with Gasteiger partial charge in [-0.25, -0.2) is 0 Å². The molecule has 0 spiro atoms. The Morgan fingerprint density at radius 3 is 2.67 bits per heavy atom. The summed E-state index contributed by atoms with van der Waals surface area (Å²) >= 11 is 2.72. The van der Waals surface area contributed by atoms with Crippen molar-refractivity contribution in [1.29, 1.82) is 0 Å². The summed E-state index contributed by atoms with van der Waals surface area (Å²) in [6.45, 7) is 6.29. The summed E-state index contributed by atoms with van der Waals surface area (Å²) in [7, 11) is 0. The molecule has 8 heteroatoms. The maximum Gasteiger partial charge on any atom is 0.233 e. The van der Waals surface area contributed by atoms with Crippen molar-refractivity contribution in [3.8, 4) is 0 Å². The van der Waals surface area contributed by atoms with E-state index in [1.807, 2.05) is 11.8 Å². The summed E-state index contributed by atoms with van der Waals surface area (Å²) in [5.41, 5.74) is 0. The number of aromatic nitrogens is 2. The third-order valence-electron chi connectivity index (χ3n) is 4.21. The predicted octanol–water partition coefficient (Wildman–Crippen LogP) is 3.55. The average Bonchev–Trinajstić information content (AvgIpc) is 2.98. The Labute approximate surface area is 151 Å². The van der Waals surface area contributed by atoms with E-state index >= 15 is 0 Å². The Hall–Kier alpha value is -1.15. The topological polar surface area (TPSA) is 75.2 Å². The molecule has 1 saturated heterocycles. The molecule has 1 aromatic heterocycles. The number of hydrogen-bond acceptors (Lipinski definition) is 6. The Bertz CT molecular complexity index is 554. The van der Waals surface area contributed by atoms with Crippen LogP contribution in [0.2, 0.25) is 0 Å². The zero-order chi connectivity index (χ0) is 17.5. The first-order chi connectivity index (χ1) is 11.5. The number of piperidine rings is 1. The van der Waals surface area contributed by atoms with Gasteiger partial charge in [0.2, 0.25) is 16.9 Å². The number of nitrogens with zero attached hydrogens (tertiary/aromatic N) is 3. The molecule has 1 fully saturated rings. The van der Waals surface area contributed by atoms with E-state index in [1.165, 1.54) is 29.5 Å². The van der Waals surface area contributed by atoms with Gasteiger partial charge in [0.1, 0.15) is 0 Å². The third-order valence-corrected chi connectivity index (χ3v) is 6.17. The number of carbonyl (C=O) groups excluding carboxylic acids is 2. The molecule has 0 aliphatic carbocycles. The number of anilines is 1. The first kappa shape index (κ1) is 19.2. The van der Waals surface area contributed by atoms with Crippen LogP contribution in [0, 0.1) is 0 Å². The molecule has 2 amide bonds. The standard InChI is InChI=1S/C16H26N4O2S2/c1-4-5-9-13(21)17-15-18-19-16(24-15)23-10-14(22)20-11(2)7-6-8-12(20)3/h11-12H,4-10H2,1-3H3,(H,17,18,21)/t11-,12+. The van der Waals surface area contributed by atoms with Gasteiger partial charge < -0.3 is 10.2 Å². The van der Waals surface area contributed by atoms with Gasteiger partial charge in [-0.3, -0.25) is 9.59 Å². The summed E-state index contributed by atoms with van der Waals surface area (Å²) in [6, 6.07) is 0.620. The van der Waals surface area contributed by atoms with Gasteiger partial charge in [-0.2, -0.15) is 0 Å². The first-order valence-corrected chi connectivity index (χ1v) is 10.4. The Morgan fingerprint density at radius 1 is 1.29 bits per heavy atom. The second-order valence-corrected chi connectivity index (χ2v) is 8.44. The molecule has 1 aromatic rings. The molecule has 134 valence electrons. The Kier molecular flexibility index (Phi) is 7.48. The Morgan fingerprint density at radius 2 is 2.00 bits per heavy atom. The summed E-state index contributed by atoms with van der Waals surface area (Å²) in [5, 5.41) is 11.3. The van der Waals surface area contributed by atoms with Gasteiger partial charge in [0.25, 0.3) is 0 Å². The molecule has 24 heavy (non-hydrogen) atoms. The third kappa shape index (κ3) is 5.44. The molecule has 6 nitrogen and oxygen atoms in total.